The van der Waals surface area contributed by atoms with Gasteiger partial charge in [-0.15, -0.1) is 0 Å². The van der Waals surface area contributed by atoms with Crippen molar-refractivity contribution in [3.63, 3.8) is 0 Å². The Morgan fingerprint density at radius 3 is 2.30 bits per heavy atom. The Labute approximate surface area is 134 Å². The summed E-state index contributed by atoms with van der Waals surface area (Å²) < 4.78 is 0. The van der Waals surface area contributed by atoms with E-state index in [1.165, 1.54) is 5.56 Å². The van der Waals surface area contributed by atoms with E-state index in [-0.39, 0.29) is 0 Å². The lowest BCUT2D eigenvalue weighted by atomic mass is 9.92. The highest BCUT2D eigenvalue weighted by atomic mass is 35.5. The van der Waals surface area contributed by atoms with Crippen molar-refractivity contribution < 1.29 is 0 Å². The topological polar surface area (TPSA) is 26.0 Å². The van der Waals surface area contributed by atoms with Crippen molar-refractivity contribution in [1.82, 2.24) is 0 Å². The zero-order chi connectivity index (χ0) is 14.5. The predicted octanol–water partition coefficient (Wildman–Crippen LogP) is 5.01. The molecule has 2 N–H and O–H groups in total. The SMILES string of the molecule is NCC(Cc1cccc(Cl)c1)Cc1ccc(Cl)cc1Cl. The van der Waals surface area contributed by atoms with Crippen molar-refractivity contribution in [3.05, 3.63) is 68.7 Å². The summed E-state index contributed by atoms with van der Waals surface area (Å²) in [5.74, 6) is 0.326. The molecule has 0 bridgehead atoms. The van der Waals surface area contributed by atoms with Gasteiger partial charge in [0.1, 0.15) is 0 Å². The standard InChI is InChI=1S/C16H16Cl3N/c17-14-3-1-2-11(8-14)6-12(10-20)7-13-4-5-15(18)9-16(13)19/h1-5,8-9,12H,6-7,10,20H2. The fourth-order valence-electron chi connectivity index (χ4n) is 2.23. The van der Waals surface area contributed by atoms with Crippen LogP contribution >= 0.6 is 34.8 Å². The van der Waals surface area contributed by atoms with Gasteiger partial charge < -0.3 is 5.73 Å². The van der Waals surface area contributed by atoms with E-state index in [1.54, 1.807) is 6.07 Å². The quantitative estimate of drug-likeness (QED) is 0.820. The molecule has 0 spiro atoms. The third kappa shape index (κ3) is 4.39. The Morgan fingerprint density at radius 2 is 1.65 bits per heavy atom. The van der Waals surface area contributed by atoms with Gasteiger partial charge in [-0.3, -0.25) is 0 Å². The molecule has 0 radical (unpaired) electrons. The lowest BCUT2D eigenvalue weighted by Gasteiger charge is -2.16. The molecule has 106 valence electrons. The molecule has 1 atom stereocenters. The molecular formula is C16H16Cl3N. The average molecular weight is 329 g/mol. The molecule has 0 fully saturated rings. The van der Waals surface area contributed by atoms with Gasteiger partial charge in [-0.1, -0.05) is 53.0 Å². The van der Waals surface area contributed by atoms with E-state index in [9.17, 15) is 0 Å². The summed E-state index contributed by atoms with van der Waals surface area (Å²) in [5, 5.41) is 2.10. The molecule has 2 aromatic carbocycles. The molecule has 1 unspecified atom stereocenters. The lowest BCUT2D eigenvalue weighted by molar-refractivity contribution is 0.533. The van der Waals surface area contributed by atoms with Crippen LogP contribution in [0, 0.1) is 5.92 Å². The molecule has 0 saturated carbocycles. The Kier molecular flexibility index (Phi) is 5.74. The molecule has 2 aromatic rings. The van der Waals surface area contributed by atoms with Crippen LogP contribution in [0.25, 0.3) is 0 Å². The van der Waals surface area contributed by atoms with Crippen LogP contribution in [0.15, 0.2) is 42.5 Å². The number of halogens is 3. The molecular weight excluding hydrogens is 313 g/mol. The molecule has 0 aromatic heterocycles. The Hall–Kier alpha value is -0.730. The highest BCUT2D eigenvalue weighted by Gasteiger charge is 2.12. The van der Waals surface area contributed by atoms with E-state index in [2.05, 4.69) is 6.07 Å². The van der Waals surface area contributed by atoms with Crippen molar-refractivity contribution in [3.8, 4) is 0 Å². The molecule has 1 nitrogen and oxygen atoms in total. The third-order valence-corrected chi connectivity index (χ3v) is 4.09. The first-order valence-corrected chi connectivity index (χ1v) is 7.60. The maximum atomic E-state index is 6.21. The monoisotopic (exact) mass is 327 g/mol. The zero-order valence-corrected chi connectivity index (χ0v) is 13.2. The fourth-order valence-corrected chi connectivity index (χ4v) is 2.93. The molecule has 4 heteroatoms. The first kappa shape index (κ1) is 15.7. The van der Waals surface area contributed by atoms with Crippen molar-refractivity contribution in [2.24, 2.45) is 11.7 Å². The van der Waals surface area contributed by atoms with Crippen molar-refractivity contribution in [2.75, 3.05) is 6.54 Å². The number of rotatable bonds is 5. The summed E-state index contributed by atoms with van der Waals surface area (Å²) >= 11 is 18.1. The van der Waals surface area contributed by atoms with E-state index < -0.39 is 0 Å². The molecule has 0 aliphatic rings. The van der Waals surface area contributed by atoms with Gasteiger partial charge in [-0.25, -0.2) is 0 Å². The summed E-state index contributed by atoms with van der Waals surface area (Å²) in [7, 11) is 0. The second-order valence-corrected chi connectivity index (χ2v) is 6.16. The number of nitrogens with two attached hydrogens (primary N) is 1. The summed E-state index contributed by atoms with van der Waals surface area (Å²) in [6, 6.07) is 13.5. The zero-order valence-electron chi connectivity index (χ0n) is 11.0. The van der Waals surface area contributed by atoms with Gasteiger partial charge in [0.05, 0.1) is 0 Å². The van der Waals surface area contributed by atoms with Crippen molar-refractivity contribution in [1.29, 1.82) is 0 Å². The van der Waals surface area contributed by atoms with E-state index in [0.717, 1.165) is 23.4 Å². The van der Waals surface area contributed by atoms with Gasteiger partial charge in [0.25, 0.3) is 0 Å². The molecule has 0 heterocycles. The van der Waals surface area contributed by atoms with Crippen LogP contribution < -0.4 is 5.73 Å². The summed E-state index contributed by atoms with van der Waals surface area (Å²) in [6.07, 6.45) is 1.72. The van der Waals surface area contributed by atoms with Gasteiger partial charge >= 0.3 is 0 Å². The van der Waals surface area contributed by atoms with Gasteiger partial charge in [-0.05, 0) is 60.7 Å². The smallest absolute Gasteiger partial charge is 0.0452 e. The molecule has 0 aliphatic heterocycles. The lowest BCUT2D eigenvalue weighted by Crippen LogP contribution is -2.19. The highest BCUT2D eigenvalue weighted by molar-refractivity contribution is 6.35. The van der Waals surface area contributed by atoms with Crippen LogP contribution in [0.1, 0.15) is 11.1 Å². The second kappa shape index (κ2) is 7.33. The van der Waals surface area contributed by atoms with Crippen LogP contribution in [0.2, 0.25) is 15.1 Å². The Morgan fingerprint density at radius 1 is 0.900 bits per heavy atom. The van der Waals surface area contributed by atoms with Crippen LogP contribution in [0.3, 0.4) is 0 Å². The van der Waals surface area contributed by atoms with Gasteiger partial charge in [0.15, 0.2) is 0 Å². The molecule has 0 saturated heterocycles. The largest absolute Gasteiger partial charge is 0.330 e. The first-order chi connectivity index (χ1) is 9.58. The fraction of sp³-hybridized carbons (Fsp3) is 0.250. The minimum absolute atomic E-state index is 0.326. The van der Waals surface area contributed by atoms with E-state index in [1.807, 2.05) is 30.3 Å². The minimum atomic E-state index is 0.326. The second-order valence-electron chi connectivity index (χ2n) is 4.88. The van der Waals surface area contributed by atoms with E-state index in [0.29, 0.717) is 22.5 Å². The number of hydrogen-bond donors (Lipinski definition) is 1. The van der Waals surface area contributed by atoms with Gasteiger partial charge in [0, 0.05) is 15.1 Å². The first-order valence-electron chi connectivity index (χ1n) is 6.47. The van der Waals surface area contributed by atoms with E-state index in [4.69, 9.17) is 40.5 Å². The number of benzene rings is 2. The maximum absolute atomic E-state index is 6.21. The molecule has 20 heavy (non-hydrogen) atoms. The Balaban J connectivity index is 2.09. The predicted molar refractivity (Wildman–Crippen MR) is 87.9 cm³/mol. The normalized spacial score (nSPS) is 12.4. The molecule has 0 amide bonds. The van der Waals surface area contributed by atoms with E-state index >= 15 is 0 Å². The summed E-state index contributed by atoms with van der Waals surface area (Å²) in [5.41, 5.74) is 8.15. The summed E-state index contributed by atoms with van der Waals surface area (Å²) in [4.78, 5) is 0. The van der Waals surface area contributed by atoms with Crippen molar-refractivity contribution >= 4 is 34.8 Å². The van der Waals surface area contributed by atoms with Crippen molar-refractivity contribution in [2.45, 2.75) is 12.8 Å². The van der Waals surface area contributed by atoms with Gasteiger partial charge in [0.2, 0.25) is 0 Å². The molecule has 2 rings (SSSR count). The average Bonchev–Trinajstić information content (AvgIpc) is 2.41. The minimum Gasteiger partial charge on any atom is -0.330 e. The van der Waals surface area contributed by atoms with Crippen LogP contribution in [-0.2, 0) is 12.8 Å². The summed E-state index contributed by atoms with van der Waals surface area (Å²) in [6.45, 7) is 0.603. The van der Waals surface area contributed by atoms with Crippen LogP contribution in [-0.4, -0.2) is 6.54 Å². The third-order valence-electron chi connectivity index (χ3n) is 3.27. The molecule has 0 aliphatic carbocycles. The number of hydrogen-bond acceptors (Lipinski definition) is 1. The van der Waals surface area contributed by atoms with Crippen LogP contribution in [0.5, 0.6) is 0 Å². The van der Waals surface area contributed by atoms with Gasteiger partial charge in [-0.2, -0.15) is 0 Å². The van der Waals surface area contributed by atoms with Crippen LogP contribution in [0.4, 0.5) is 0 Å². The maximum Gasteiger partial charge on any atom is 0.0452 e. The highest BCUT2D eigenvalue weighted by Crippen LogP contribution is 2.24. The Bertz CT molecular complexity index is 584.